The van der Waals surface area contributed by atoms with Crippen LogP contribution in [-0.4, -0.2) is 60.2 Å². The SMILES string of the molecule is CCCCC(CC(F)(F)C(F)(F)C(F)(F)C(F)(F)C(F)(F)C(F)(F)C(F)(F)C(F)(F)F)C(=O)OCC. The first-order valence-electron chi connectivity index (χ1n) is 9.53. The van der Waals surface area contributed by atoms with Crippen molar-refractivity contribution in [3.63, 3.8) is 0 Å². The molecule has 1 atom stereocenters. The van der Waals surface area contributed by atoms with E-state index in [0.717, 1.165) is 6.92 Å². The van der Waals surface area contributed by atoms with E-state index in [1.165, 1.54) is 6.92 Å². The molecule has 0 aliphatic rings. The molecule has 0 amide bonds. The lowest BCUT2D eigenvalue weighted by atomic mass is 9.85. The second kappa shape index (κ2) is 10.2. The summed E-state index contributed by atoms with van der Waals surface area (Å²) in [5.74, 6) is -61.0. The van der Waals surface area contributed by atoms with Crippen molar-refractivity contribution < 1.29 is 84.2 Å². The van der Waals surface area contributed by atoms with Gasteiger partial charge in [0.1, 0.15) is 0 Å². The number of alkyl halides is 17. The summed E-state index contributed by atoms with van der Waals surface area (Å²) < 4.78 is 230. The standard InChI is InChI=1S/C17H17F17O2/c1-3-5-6-8(9(35)36-4-2)7-10(18,19)11(20,21)12(22,23)13(24,25)14(26,27)15(28,29)16(30,31)17(32,33)34/h8H,3-7H2,1-2H3. The van der Waals surface area contributed by atoms with Crippen LogP contribution < -0.4 is 0 Å². The third-order valence-corrected chi connectivity index (χ3v) is 4.82. The number of hydrogen-bond acceptors (Lipinski definition) is 2. The Bertz CT molecular complexity index is 757. The lowest BCUT2D eigenvalue weighted by Gasteiger charge is -2.43. The van der Waals surface area contributed by atoms with Gasteiger partial charge >= 0.3 is 53.6 Å². The van der Waals surface area contributed by atoms with Gasteiger partial charge in [-0.05, 0) is 13.3 Å². The fourth-order valence-corrected chi connectivity index (χ4v) is 2.65. The Kier molecular flexibility index (Phi) is 9.72. The summed E-state index contributed by atoms with van der Waals surface area (Å²) in [6.45, 7) is 1.82. The number of hydrogen-bond donors (Lipinski definition) is 0. The third-order valence-electron chi connectivity index (χ3n) is 4.82. The van der Waals surface area contributed by atoms with Gasteiger partial charge in [0.2, 0.25) is 0 Å². The van der Waals surface area contributed by atoms with Crippen molar-refractivity contribution in [3.05, 3.63) is 0 Å². The summed E-state index contributed by atoms with van der Waals surface area (Å²) in [6.07, 6.45) is -11.6. The van der Waals surface area contributed by atoms with Gasteiger partial charge in [-0.2, -0.15) is 74.6 Å². The molecule has 0 aromatic heterocycles. The number of esters is 1. The first-order valence-corrected chi connectivity index (χ1v) is 9.53. The molecule has 0 rings (SSSR count). The Labute approximate surface area is 191 Å². The Morgan fingerprint density at radius 2 is 0.972 bits per heavy atom. The van der Waals surface area contributed by atoms with Gasteiger partial charge in [-0.25, -0.2) is 0 Å². The zero-order valence-electron chi connectivity index (χ0n) is 17.9. The maximum atomic E-state index is 14.1. The number of unbranched alkanes of at least 4 members (excludes halogenated alkanes) is 1. The van der Waals surface area contributed by atoms with Crippen LogP contribution in [0.5, 0.6) is 0 Å². The fourth-order valence-electron chi connectivity index (χ4n) is 2.65. The lowest BCUT2D eigenvalue weighted by molar-refractivity contribution is -0.462. The highest BCUT2D eigenvalue weighted by atomic mass is 19.4. The van der Waals surface area contributed by atoms with E-state index < -0.39 is 79.0 Å². The molecular formula is C17H17F17O2. The molecule has 0 fully saturated rings. The zero-order valence-corrected chi connectivity index (χ0v) is 17.9. The number of rotatable bonds is 13. The Morgan fingerprint density at radius 1 is 0.611 bits per heavy atom. The summed E-state index contributed by atoms with van der Waals surface area (Å²) in [6, 6.07) is 0. The normalized spacial score (nSPS) is 16.2. The molecule has 0 aromatic rings. The van der Waals surface area contributed by atoms with Crippen LogP contribution in [0.3, 0.4) is 0 Å². The van der Waals surface area contributed by atoms with Gasteiger partial charge in [0.25, 0.3) is 0 Å². The predicted octanol–water partition coefficient (Wildman–Crippen LogP) is 7.76. The average molecular weight is 576 g/mol. The first kappa shape index (κ1) is 34.3. The van der Waals surface area contributed by atoms with Crippen LogP contribution in [0, 0.1) is 5.92 Å². The smallest absolute Gasteiger partial charge is 0.460 e. The molecule has 0 saturated heterocycles. The van der Waals surface area contributed by atoms with E-state index in [0.29, 0.717) is 0 Å². The van der Waals surface area contributed by atoms with Crippen LogP contribution in [-0.2, 0) is 9.53 Å². The predicted molar refractivity (Wildman–Crippen MR) is 84.9 cm³/mol. The second-order valence-electron chi connectivity index (χ2n) is 7.44. The monoisotopic (exact) mass is 576 g/mol. The minimum absolute atomic E-state index is 0.0564. The van der Waals surface area contributed by atoms with Gasteiger partial charge in [0, 0.05) is 6.42 Å². The van der Waals surface area contributed by atoms with Crippen LogP contribution >= 0.6 is 0 Å². The topological polar surface area (TPSA) is 26.3 Å². The largest absolute Gasteiger partial charge is 0.466 e. The van der Waals surface area contributed by atoms with E-state index in [2.05, 4.69) is 4.74 Å². The highest BCUT2D eigenvalue weighted by Crippen LogP contribution is 2.64. The number of carbonyl (C=O) groups excluding carboxylic acids is 1. The van der Waals surface area contributed by atoms with E-state index in [9.17, 15) is 79.4 Å². The third kappa shape index (κ3) is 5.29. The van der Waals surface area contributed by atoms with Crippen LogP contribution in [0.1, 0.15) is 39.5 Å². The molecule has 36 heavy (non-hydrogen) atoms. The molecule has 0 bridgehead atoms. The molecule has 2 nitrogen and oxygen atoms in total. The van der Waals surface area contributed by atoms with Gasteiger partial charge in [0.15, 0.2) is 0 Å². The van der Waals surface area contributed by atoms with Crippen LogP contribution in [0.2, 0.25) is 0 Å². The number of carbonyl (C=O) groups is 1. The minimum Gasteiger partial charge on any atom is -0.466 e. The van der Waals surface area contributed by atoms with E-state index in [1.54, 1.807) is 0 Å². The molecule has 0 saturated carbocycles. The molecule has 0 spiro atoms. The van der Waals surface area contributed by atoms with Gasteiger partial charge in [0.05, 0.1) is 12.5 Å². The van der Waals surface area contributed by atoms with Crippen molar-refractivity contribution in [1.82, 2.24) is 0 Å². The van der Waals surface area contributed by atoms with Crippen molar-refractivity contribution >= 4 is 5.97 Å². The van der Waals surface area contributed by atoms with E-state index in [-0.39, 0.29) is 12.8 Å². The lowest BCUT2D eigenvalue weighted by Crippen LogP contribution is -2.74. The zero-order chi connectivity index (χ0) is 29.4. The van der Waals surface area contributed by atoms with Gasteiger partial charge in [-0.3, -0.25) is 4.79 Å². The summed E-state index contributed by atoms with van der Waals surface area (Å²) in [5, 5.41) is 0. The molecule has 0 aliphatic carbocycles. The quantitative estimate of drug-likeness (QED) is 0.166. The molecule has 19 heteroatoms. The Hall–Kier alpha value is -1.72. The fraction of sp³-hybridized carbons (Fsp3) is 0.941. The average Bonchev–Trinajstić information content (AvgIpc) is 2.69. The van der Waals surface area contributed by atoms with Crippen molar-refractivity contribution in [3.8, 4) is 0 Å². The van der Waals surface area contributed by atoms with Crippen LogP contribution in [0.4, 0.5) is 74.6 Å². The minimum atomic E-state index is -8.68. The van der Waals surface area contributed by atoms with Crippen LogP contribution in [0.15, 0.2) is 0 Å². The maximum Gasteiger partial charge on any atom is 0.460 e. The van der Waals surface area contributed by atoms with Gasteiger partial charge < -0.3 is 4.74 Å². The van der Waals surface area contributed by atoms with Crippen molar-refractivity contribution in [1.29, 1.82) is 0 Å². The Morgan fingerprint density at radius 3 is 1.31 bits per heavy atom. The van der Waals surface area contributed by atoms with E-state index in [1.807, 2.05) is 0 Å². The molecule has 0 heterocycles. The summed E-state index contributed by atoms with van der Waals surface area (Å²) in [5.41, 5.74) is 0. The van der Waals surface area contributed by atoms with Gasteiger partial charge in [-0.15, -0.1) is 0 Å². The van der Waals surface area contributed by atoms with Crippen molar-refractivity contribution in [2.45, 2.75) is 87.2 Å². The van der Waals surface area contributed by atoms with Gasteiger partial charge in [-0.1, -0.05) is 19.8 Å². The van der Waals surface area contributed by atoms with Crippen molar-refractivity contribution in [2.24, 2.45) is 5.92 Å². The number of halogens is 17. The van der Waals surface area contributed by atoms with E-state index >= 15 is 0 Å². The molecule has 0 aromatic carbocycles. The molecule has 216 valence electrons. The molecule has 0 aliphatic heterocycles. The summed E-state index contributed by atoms with van der Waals surface area (Å²) in [4.78, 5) is 11.7. The highest BCUT2D eigenvalue weighted by molar-refractivity contribution is 5.72. The molecule has 1 unspecified atom stereocenters. The molecular weight excluding hydrogens is 559 g/mol. The summed E-state index contributed by atoms with van der Waals surface area (Å²) in [7, 11) is 0. The highest BCUT2D eigenvalue weighted by Gasteiger charge is 2.95. The number of ether oxygens (including phenoxy) is 1. The van der Waals surface area contributed by atoms with E-state index in [4.69, 9.17) is 0 Å². The van der Waals surface area contributed by atoms with Crippen LogP contribution in [0.25, 0.3) is 0 Å². The molecule has 0 N–H and O–H groups in total. The summed E-state index contributed by atoms with van der Waals surface area (Å²) >= 11 is 0. The Balaban J connectivity index is 6.64. The van der Waals surface area contributed by atoms with Crippen molar-refractivity contribution in [2.75, 3.05) is 6.61 Å². The first-order chi connectivity index (χ1) is 15.7. The molecule has 0 radical (unpaired) electrons. The second-order valence-corrected chi connectivity index (χ2v) is 7.44. The maximum absolute atomic E-state index is 14.1.